The van der Waals surface area contributed by atoms with Crippen molar-refractivity contribution in [2.24, 2.45) is 5.92 Å². The van der Waals surface area contributed by atoms with E-state index in [-0.39, 0.29) is 6.42 Å². The summed E-state index contributed by atoms with van der Waals surface area (Å²) in [6.07, 6.45) is 1.17. The van der Waals surface area contributed by atoms with E-state index in [1.807, 2.05) is 13.8 Å². The maximum absolute atomic E-state index is 10.8. The van der Waals surface area contributed by atoms with Crippen LogP contribution in [-0.4, -0.2) is 18.4 Å². The number of rotatable bonds is 5. The second-order valence-corrected chi connectivity index (χ2v) is 2.89. The first-order chi connectivity index (χ1) is 5.61. The lowest BCUT2D eigenvalue weighted by Crippen LogP contribution is -2.19. The topological polar surface area (TPSA) is 43.4 Å². The van der Waals surface area contributed by atoms with Gasteiger partial charge in [0.05, 0.1) is 6.61 Å². The second-order valence-electron chi connectivity index (χ2n) is 2.89. The molecule has 0 spiro atoms. The average molecular weight is 172 g/mol. The molecule has 0 aromatic rings. The summed E-state index contributed by atoms with van der Waals surface area (Å²) in [5.74, 6) is -0.810. The highest BCUT2D eigenvalue weighted by Crippen LogP contribution is 2.01. The number of ether oxygens (including phenoxy) is 1. The SMILES string of the molecule is CCC(=O)C(=O)OC[C@@H](C)CC. The number of esters is 1. The molecule has 0 saturated heterocycles. The Bertz CT molecular complexity index is 163. The van der Waals surface area contributed by atoms with Gasteiger partial charge in [0.1, 0.15) is 0 Å². The Labute approximate surface area is 73.1 Å². The van der Waals surface area contributed by atoms with E-state index in [4.69, 9.17) is 4.74 Å². The number of carbonyl (C=O) groups excluding carboxylic acids is 2. The number of carbonyl (C=O) groups is 2. The van der Waals surface area contributed by atoms with Crippen LogP contribution in [0.15, 0.2) is 0 Å². The van der Waals surface area contributed by atoms with Crippen LogP contribution in [0.5, 0.6) is 0 Å². The third-order valence-corrected chi connectivity index (χ3v) is 1.74. The van der Waals surface area contributed by atoms with Crippen molar-refractivity contribution in [1.29, 1.82) is 0 Å². The summed E-state index contributed by atoms with van der Waals surface area (Å²) in [6, 6.07) is 0. The number of hydrogen-bond acceptors (Lipinski definition) is 3. The van der Waals surface area contributed by atoms with Crippen LogP contribution in [0, 0.1) is 5.92 Å². The Morgan fingerprint density at radius 3 is 2.33 bits per heavy atom. The molecule has 3 heteroatoms. The van der Waals surface area contributed by atoms with Crippen molar-refractivity contribution < 1.29 is 14.3 Å². The molecule has 70 valence electrons. The zero-order chi connectivity index (χ0) is 9.56. The lowest BCUT2D eigenvalue weighted by Gasteiger charge is -2.07. The number of ketones is 1. The monoisotopic (exact) mass is 172 g/mol. The third-order valence-electron chi connectivity index (χ3n) is 1.74. The van der Waals surface area contributed by atoms with Crippen LogP contribution in [0.25, 0.3) is 0 Å². The van der Waals surface area contributed by atoms with Gasteiger partial charge < -0.3 is 4.74 Å². The molecule has 0 bridgehead atoms. The fourth-order valence-electron chi connectivity index (χ4n) is 0.561. The fraction of sp³-hybridized carbons (Fsp3) is 0.778. The molecule has 0 N–H and O–H groups in total. The zero-order valence-corrected chi connectivity index (χ0v) is 7.92. The average Bonchev–Trinajstić information content (AvgIpc) is 2.11. The highest BCUT2D eigenvalue weighted by atomic mass is 16.5. The Morgan fingerprint density at radius 1 is 1.33 bits per heavy atom. The largest absolute Gasteiger partial charge is 0.460 e. The van der Waals surface area contributed by atoms with Crippen LogP contribution in [-0.2, 0) is 14.3 Å². The van der Waals surface area contributed by atoms with Crippen molar-refractivity contribution >= 4 is 11.8 Å². The van der Waals surface area contributed by atoms with Gasteiger partial charge in [-0.25, -0.2) is 4.79 Å². The van der Waals surface area contributed by atoms with Gasteiger partial charge in [-0.2, -0.15) is 0 Å². The van der Waals surface area contributed by atoms with E-state index in [0.29, 0.717) is 12.5 Å². The molecule has 0 rings (SSSR count). The van der Waals surface area contributed by atoms with Crippen LogP contribution in [0.4, 0.5) is 0 Å². The first kappa shape index (κ1) is 11.1. The molecule has 0 fully saturated rings. The highest BCUT2D eigenvalue weighted by molar-refractivity contribution is 6.33. The summed E-state index contributed by atoms with van der Waals surface area (Å²) in [6.45, 7) is 5.98. The minimum atomic E-state index is -0.696. The van der Waals surface area contributed by atoms with Gasteiger partial charge in [0.2, 0.25) is 5.78 Å². The van der Waals surface area contributed by atoms with Crippen LogP contribution in [0.1, 0.15) is 33.6 Å². The summed E-state index contributed by atoms with van der Waals surface area (Å²) in [4.78, 5) is 21.6. The van der Waals surface area contributed by atoms with E-state index < -0.39 is 11.8 Å². The highest BCUT2D eigenvalue weighted by Gasteiger charge is 2.13. The summed E-state index contributed by atoms with van der Waals surface area (Å²) in [5, 5.41) is 0. The summed E-state index contributed by atoms with van der Waals surface area (Å²) >= 11 is 0. The molecule has 0 aromatic carbocycles. The molecule has 0 aliphatic rings. The van der Waals surface area contributed by atoms with Gasteiger partial charge in [-0.3, -0.25) is 4.79 Å². The molecule has 0 aliphatic heterocycles. The van der Waals surface area contributed by atoms with Gasteiger partial charge >= 0.3 is 5.97 Å². The van der Waals surface area contributed by atoms with E-state index in [1.54, 1.807) is 6.92 Å². The van der Waals surface area contributed by atoms with Crippen molar-refractivity contribution in [3.8, 4) is 0 Å². The first-order valence-electron chi connectivity index (χ1n) is 4.31. The molecule has 12 heavy (non-hydrogen) atoms. The predicted molar refractivity (Wildman–Crippen MR) is 45.7 cm³/mol. The van der Waals surface area contributed by atoms with E-state index in [1.165, 1.54) is 0 Å². The van der Waals surface area contributed by atoms with Gasteiger partial charge in [0, 0.05) is 6.42 Å². The minimum Gasteiger partial charge on any atom is -0.460 e. The molecule has 0 unspecified atom stereocenters. The molecule has 0 heterocycles. The van der Waals surface area contributed by atoms with E-state index >= 15 is 0 Å². The molecule has 0 aromatic heterocycles. The Kier molecular flexibility index (Phi) is 5.34. The van der Waals surface area contributed by atoms with Gasteiger partial charge in [-0.15, -0.1) is 0 Å². The van der Waals surface area contributed by atoms with E-state index in [0.717, 1.165) is 6.42 Å². The molecule has 0 saturated carbocycles. The molecule has 0 radical (unpaired) electrons. The van der Waals surface area contributed by atoms with Gasteiger partial charge in [-0.05, 0) is 5.92 Å². The van der Waals surface area contributed by atoms with Crippen molar-refractivity contribution in [3.05, 3.63) is 0 Å². The normalized spacial score (nSPS) is 12.2. The van der Waals surface area contributed by atoms with Crippen molar-refractivity contribution in [3.63, 3.8) is 0 Å². The molecular formula is C9H16O3. The summed E-state index contributed by atoms with van der Waals surface area (Å²) in [5.41, 5.74) is 0. The minimum absolute atomic E-state index is 0.222. The fourth-order valence-corrected chi connectivity index (χ4v) is 0.561. The quantitative estimate of drug-likeness (QED) is 0.467. The van der Waals surface area contributed by atoms with Crippen LogP contribution < -0.4 is 0 Å². The van der Waals surface area contributed by atoms with Gasteiger partial charge in [0.15, 0.2) is 0 Å². The summed E-state index contributed by atoms with van der Waals surface area (Å²) in [7, 11) is 0. The lowest BCUT2D eigenvalue weighted by molar-refractivity contribution is -0.154. The standard InChI is InChI=1S/C9H16O3/c1-4-7(3)6-12-9(11)8(10)5-2/h7H,4-6H2,1-3H3/t7-/m0/s1. The maximum Gasteiger partial charge on any atom is 0.374 e. The van der Waals surface area contributed by atoms with Crippen molar-refractivity contribution in [2.45, 2.75) is 33.6 Å². The number of hydrogen-bond donors (Lipinski definition) is 0. The van der Waals surface area contributed by atoms with Gasteiger partial charge in [-0.1, -0.05) is 27.2 Å². The molecule has 1 atom stereocenters. The first-order valence-corrected chi connectivity index (χ1v) is 4.31. The number of Topliss-reactive ketones (excluding diaryl/α,β-unsaturated/α-hetero) is 1. The molecular weight excluding hydrogens is 156 g/mol. The Hall–Kier alpha value is -0.860. The molecule has 0 aliphatic carbocycles. The van der Waals surface area contributed by atoms with E-state index in [9.17, 15) is 9.59 Å². The molecule has 0 amide bonds. The smallest absolute Gasteiger partial charge is 0.374 e. The van der Waals surface area contributed by atoms with Gasteiger partial charge in [0.25, 0.3) is 0 Å². The van der Waals surface area contributed by atoms with Crippen LogP contribution >= 0.6 is 0 Å². The van der Waals surface area contributed by atoms with Crippen molar-refractivity contribution in [2.75, 3.05) is 6.61 Å². The zero-order valence-electron chi connectivity index (χ0n) is 7.92. The van der Waals surface area contributed by atoms with Crippen LogP contribution in [0.3, 0.4) is 0 Å². The summed E-state index contributed by atoms with van der Waals surface area (Å²) < 4.78 is 4.76. The second kappa shape index (κ2) is 5.75. The Morgan fingerprint density at radius 2 is 1.92 bits per heavy atom. The van der Waals surface area contributed by atoms with Crippen LogP contribution in [0.2, 0.25) is 0 Å². The maximum atomic E-state index is 10.8. The molecule has 3 nitrogen and oxygen atoms in total. The lowest BCUT2D eigenvalue weighted by atomic mass is 10.1. The van der Waals surface area contributed by atoms with Crippen molar-refractivity contribution in [1.82, 2.24) is 0 Å². The predicted octanol–water partition coefficient (Wildman–Crippen LogP) is 1.55. The Balaban J connectivity index is 3.64. The third kappa shape index (κ3) is 4.11. The van der Waals surface area contributed by atoms with E-state index in [2.05, 4.69) is 0 Å².